The van der Waals surface area contributed by atoms with Crippen LogP contribution in [0.4, 0.5) is 0 Å². The average molecular weight is 325 g/mol. The van der Waals surface area contributed by atoms with E-state index in [1.54, 1.807) is 0 Å². The topological polar surface area (TPSA) is 55.6 Å². The number of rotatable bonds is 4. The molecule has 0 aromatic heterocycles. The Labute approximate surface area is 138 Å². The van der Waals surface area contributed by atoms with Crippen molar-refractivity contribution in [3.63, 3.8) is 0 Å². The number of nitrogens with zero attached hydrogens (tertiary/aromatic N) is 1. The van der Waals surface area contributed by atoms with Gasteiger partial charge in [0.2, 0.25) is 5.91 Å². The highest BCUT2D eigenvalue weighted by molar-refractivity contribution is 5.85. The number of carbonyl (C=O) groups is 1. The highest BCUT2D eigenvalue weighted by Crippen LogP contribution is 2.37. The molecule has 4 nitrogen and oxygen atoms in total. The number of benzene rings is 1. The summed E-state index contributed by atoms with van der Waals surface area (Å²) in [6, 6.07) is 8.21. The summed E-state index contributed by atoms with van der Waals surface area (Å²) in [6.45, 7) is 4.21. The smallest absolute Gasteiger partial charge is 0.226 e. The number of ether oxygens (including phenoxy) is 1. The first-order chi connectivity index (χ1) is 10.1. The first kappa shape index (κ1) is 17.1. The fourth-order valence-corrected chi connectivity index (χ4v) is 3.63. The summed E-state index contributed by atoms with van der Waals surface area (Å²) in [5, 5.41) is 0. The van der Waals surface area contributed by atoms with Gasteiger partial charge in [-0.05, 0) is 49.3 Å². The largest absolute Gasteiger partial charge is 0.493 e. The standard InChI is InChI=1S/C17H24N2O2.ClH/c1-12-3-2-4-14(9-12)21-8-7-17(20)19-10-13-5-6-16(18)15(13)11-19;/h2-4,9,13,15-16H,5-8,10-11,18H2,1H3;1H. The molecule has 5 heteroatoms. The molecule has 2 fully saturated rings. The van der Waals surface area contributed by atoms with Crippen LogP contribution in [0.2, 0.25) is 0 Å². The van der Waals surface area contributed by atoms with Crippen molar-refractivity contribution in [2.45, 2.75) is 32.2 Å². The van der Waals surface area contributed by atoms with Gasteiger partial charge in [-0.3, -0.25) is 4.79 Å². The quantitative estimate of drug-likeness (QED) is 0.925. The van der Waals surface area contributed by atoms with Gasteiger partial charge in [-0.1, -0.05) is 12.1 Å². The molecular formula is C17H25ClN2O2. The lowest BCUT2D eigenvalue weighted by atomic mass is 9.98. The number of nitrogens with two attached hydrogens (primary N) is 1. The summed E-state index contributed by atoms with van der Waals surface area (Å²) in [6.07, 6.45) is 2.74. The van der Waals surface area contributed by atoms with Crippen LogP contribution in [-0.2, 0) is 4.79 Å². The molecule has 1 amide bonds. The van der Waals surface area contributed by atoms with E-state index in [1.807, 2.05) is 36.1 Å². The van der Waals surface area contributed by atoms with Gasteiger partial charge in [0.05, 0.1) is 13.0 Å². The fraction of sp³-hybridized carbons (Fsp3) is 0.588. The molecule has 1 saturated heterocycles. The number of carbonyl (C=O) groups excluding carboxylic acids is 1. The van der Waals surface area contributed by atoms with Gasteiger partial charge in [0.15, 0.2) is 0 Å². The molecule has 1 aromatic rings. The van der Waals surface area contributed by atoms with Gasteiger partial charge < -0.3 is 15.4 Å². The van der Waals surface area contributed by atoms with Crippen molar-refractivity contribution in [3.8, 4) is 5.75 Å². The Morgan fingerprint density at radius 2 is 2.18 bits per heavy atom. The molecule has 2 aliphatic rings. The molecule has 1 aromatic carbocycles. The van der Waals surface area contributed by atoms with Gasteiger partial charge in [-0.15, -0.1) is 12.4 Å². The van der Waals surface area contributed by atoms with Crippen molar-refractivity contribution in [3.05, 3.63) is 29.8 Å². The van der Waals surface area contributed by atoms with E-state index in [-0.39, 0.29) is 24.4 Å². The SMILES string of the molecule is Cc1cccc(OCCC(=O)N2CC3CCC(N)C3C2)c1.Cl. The predicted octanol–water partition coefficient (Wildman–Crippen LogP) is 2.38. The van der Waals surface area contributed by atoms with Crippen molar-refractivity contribution in [1.82, 2.24) is 4.90 Å². The third-order valence-corrected chi connectivity index (χ3v) is 4.84. The number of hydrogen-bond acceptors (Lipinski definition) is 3. The Morgan fingerprint density at radius 3 is 2.91 bits per heavy atom. The zero-order valence-corrected chi connectivity index (χ0v) is 13.8. The molecule has 22 heavy (non-hydrogen) atoms. The number of amides is 1. The number of likely N-dealkylation sites (tertiary alicyclic amines) is 1. The molecule has 3 atom stereocenters. The Bertz CT molecular complexity index is 523. The zero-order valence-electron chi connectivity index (χ0n) is 13.0. The third kappa shape index (κ3) is 3.73. The van der Waals surface area contributed by atoms with Crippen LogP contribution in [0.3, 0.4) is 0 Å². The van der Waals surface area contributed by atoms with Gasteiger partial charge in [0, 0.05) is 19.1 Å². The molecular weight excluding hydrogens is 300 g/mol. The van der Waals surface area contributed by atoms with Crippen LogP contribution in [0, 0.1) is 18.8 Å². The maximum Gasteiger partial charge on any atom is 0.226 e. The summed E-state index contributed by atoms with van der Waals surface area (Å²) in [7, 11) is 0. The minimum absolute atomic E-state index is 0. The van der Waals surface area contributed by atoms with Crippen LogP contribution in [0.15, 0.2) is 24.3 Å². The number of halogens is 1. The van der Waals surface area contributed by atoms with Crippen LogP contribution in [0.1, 0.15) is 24.8 Å². The Hall–Kier alpha value is -1.26. The lowest BCUT2D eigenvalue weighted by Gasteiger charge is -2.19. The maximum atomic E-state index is 12.2. The Morgan fingerprint density at radius 1 is 1.36 bits per heavy atom. The molecule has 0 spiro atoms. The molecule has 1 heterocycles. The molecule has 1 aliphatic carbocycles. The van der Waals surface area contributed by atoms with Crippen LogP contribution in [0.25, 0.3) is 0 Å². The van der Waals surface area contributed by atoms with E-state index >= 15 is 0 Å². The molecule has 3 unspecified atom stereocenters. The Balaban J connectivity index is 0.00000176. The van der Waals surface area contributed by atoms with Crippen LogP contribution in [-0.4, -0.2) is 36.5 Å². The van der Waals surface area contributed by atoms with E-state index in [9.17, 15) is 4.79 Å². The molecule has 122 valence electrons. The normalized spacial score (nSPS) is 26.5. The summed E-state index contributed by atoms with van der Waals surface area (Å²) >= 11 is 0. The van der Waals surface area contributed by atoms with Crippen LogP contribution in [0.5, 0.6) is 5.75 Å². The number of fused-ring (bicyclic) bond motifs is 1. The third-order valence-electron chi connectivity index (χ3n) is 4.84. The minimum atomic E-state index is 0. The first-order valence-electron chi connectivity index (χ1n) is 7.86. The second kappa shape index (κ2) is 7.34. The summed E-state index contributed by atoms with van der Waals surface area (Å²) in [5.74, 6) is 2.18. The molecule has 3 rings (SSSR count). The van der Waals surface area contributed by atoms with Crippen LogP contribution < -0.4 is 10.5 Å². The molecule has 1 aliphatic heterocycles. The Kier molecular flexibility index (Phi) is 5.70. The average Bonchev–Trinajstić information content (AvgIpc) is 3.02. The van der Waals surface area contributed by atoms with Crippen LogP contribution >= 0.6 is 12.4 Å². The van der Waals surface area contributed by atoms with Gasteiger partial charge >= 0.3 is 0 Å². The molecule has 2 N–H and O–H groups in total. The van der Waals surface area contributed by atoms with E-state index in [4.69, 9.17) is 10.5 Å². The van der Waals surface area contributed by atoms with Gasteiger partial charge in [0.1, 0.15) is 5.75 Å². The highest BCUT2D eigenvalue weighted by Gasteiger charge is 2.42. The summed E-state index contributed by atoms with van der Waals surface area (Å²) < 4.78 is 5.66. The zero-order chi connectivity index (χ0) is 14.8. The van der Waals surface area contributed by atoms with Gasteiger partial charge in [-0.2, -0.15) is 0 Å². The van der Waals surface area contributed by atoms with E-state index < -0.39 is 0 Å². The lowest BCUT2D eigenvalue weighted by Crippen LogP contribution is -2.34. The van der Waals surface area contributed by atoms with E-state index in [2.05, 4.69) is 0 Å². The second-order valence-electron chi connectivity index (χ2n) is 6.38. The van der Waals surface area contributed by atoms with E-state index in [0.717, 1.165) is 25.3 Å². The van der Waals surface area contributed by atoms with Crippen molar-refractivity contribution in [1.29, 1.82) is 0 Å². The highest BCUT2D eigenvalue weighted by atomic mass is 35.5. The summed E-state index contributed by atoms with van der Waals surface area (Å²) in [4.78, 5) is 14.2. The van der Waals surface area contributed by atoms with Crippen molar-refractivity contribution in [2.75, 3.05) is 19.7 Å². The predicted molar refractivity (Wildman–Crippen MR) is 89.3 cm³/mol. The monoisotopic (exact) mass is 324 g/mol. The van der Waals surface area contributed by atoms with E-state index in [1.165, 1.54) is 12.0 Å². The van der Waals surface area contributed by atoms with Crippen molar-refractivity contribution in [2.24, 2.45) is 17.6 Å². The lowest BCUT2D eigenvalue weighted by molar-refractivity contribution is -0.131. The fourth-order valence-electron chi connectivity index (χ4n) is 3.63. The van der Waals surface area contributed by atoms with Gasteiger partial charge in [0.25, 0.3) is 0 Å². The molecule has 0 bridgehead atoms. The summed E-state index contributed by atoms with van der Waals surface area (Å²) in [5.41, 5.74) is 7.28. The maximum absolute atomic E-state index is 12.2. The molecule has 1 saturated carbocycles. The van der Waals surface area contributed by atoms with E-state index in [0.29, 0.717) is 24.9 Å². The van der Waals surface area contributed by atoms with Crippen molar-refractivity contribution < 1.29 is 9.53 Å². The van der Waals surface area contributed by atoms with Crippen molar-refractivity contribution >= 4 is 18.3 Å². The first-order valence-corrected chi connectivity index (χ1v) is 7.86. The molecule has 0 radical (unpaired) electrons. The number of aryl methyl sites for hydroxylation is 1. The minimum Gasteiger partial charge on any atom is -0.493 e. The van der Waals surface area contributed by atoms with Gasteiger partial charge in [-0.25, -0.2) is 0 Å². The number of hydrogen-bond donors (Lipinski definition) is 1. The second-order valence-corrected chi connectivity index (χ2v) is 6.38.